The lowest BCUT2D eigenvalue weighted by atomic mass is 9.95. The monoisotopic (exact) mass is 421 g/mol. The molecular weight excluding hydrogens is 388 g/mol. The third kappa shape index (κ3) is 4.03. The van der Waals surface area contributed by atoms with Gasteiger partial charge in [0.2, 0.25) is 5.82 Å². The third-order valence-electron chi connectivity index (χ3n) is 7.28. The van der Waals surface area contributed by atoms with Crippen molar-refractivity contribution in [1.82, 2.24) is 25.2 Å². The highest BCUT2D eigenvalue weighted by atomic mass is 16.1. The molecular formula is C24H33N6O+. The number of H-pyrrole nitrogens is 1. The summed E-state index contributed by atoms with van der Waals surface area (Å²) in [4.78, 5) is 18.0. The first-order valence-electron chi connectivity index (χ1n) is 12.0. The number of aromatic amines is 1. The number of aromatic nitrogens is 5. The van der Waals surface area contributed by atoms with Crippen LogP contribution >= 0.6 is 0 Å². The summed E-state index contributed by atoms with van der Waals surface area (Å²) in [6.45, 7) is 4.14. The number of fused-ring (bicyclic) bond motifs is 1. The predicted molar refractivity (Wildman–Crippen MR) is 120 cm³/mol. The molecule has 7 nitrogen and oxygen atoms in total. The van der Waals surface area contributed by atoms with Gasteiger partial charge in [-0.25, -0.2) is 4.68 Å². The van der Waals surface area contributed by atoms with Gasteiger partial charge in [0.25, 0.3) is 5.56 Å². The van der Waals surface area contributed by atoms with Crippen molar-refractivity contribution in [2.45, 2.75) is 76.8 Å². The summed E-state index contributed by atoms with van der Waals surface area (Å²) in [5.41, 5.74) is 2.79. The van der Waals surface area contributed by atoms with Gasteiger partial charge in [0, 0.05) is 0 Å². The van der Waals surface area contributed by atoms with Gasteiger partial charge in [-0.15, -0.1) is 5.10 Å². The van der Waals surface area contributed by atoms with E-state index < -0.39 is 0 Å². The normalized spacial score (nSPS) is 20.0. The lowest BCUT2D eigenvalue weighted by molar-refractivity contribution is -0.925. The maximum atomic E-state index is 13.4. The number of likely N-dealkylation sites (tertiary alicyclic amines) is 1. The van der Waals surface area contributed by atoms with E-state index in [9.17, 15) is 4.79 Å². The summed E-state index contributed by atoms with van der Waals surface area (Å²) < 4.78 is 2.06. The van der Waals surface area contributed by atoms with Crippen LogP contribution in [0.5, 0.6) is 0 Å². The Hall–Kier alpha value is -2.54. The van der Waals surface area contributed by atoms with Gasteiger partial charge in [-0.3, -0.25) is 4.79 Å². The Bertz CT molecular complexity index is 1090. The smallest absolute Gasteiger partial charge is 0.258 e. The number of nitrogens with one attached hydrogen (secondary N) is 2. The summed E-state index contributed by atoms with van der Waals surface area (Å²) in [5, 5.41) is 14.2. The molecule has 164 valence electrons. The summed E-state index contributed by atoms with van der Waals surface area (Å²) in [7, 11) is 0. The number of nitrogens with zero attached hydrogens (tertiary/aromatic N) is 4. The van der Waals surface area contributed by atoms with E-state index in [4.69, 9.17) is 0 Å². The van der Waals surface area contributed by atoms with Crippen molar-refractivity contribution in [3.63, 3.8) is 0 Å². The molecule has 2 aliphatic rings. The molecule has 0 bridgehead atoms. The molecule has 1 saturated heterocycles. The second-order valence-corrected chi connectivity index (χ2v) is 9.37. The molecule has 0 amide bonds. The third-order valence-corrected chi connectivity index (χ3v) is 7.28. The van der Waals surface area contributed by atoms with Crippen molar-refractivity contribution in [3.8, 4) is 0 Å². The van der Waals surface area contributed by atoms with Gasteiger partial charge in [-0.2, -0.15) is 0 Å². The maximum absolute atomic E-state index is 13.4. The largest absolute Gasteiger partial charge is 0.322 e. The van der Waals surface area contributed by atoms with Crippen molar-refractivity contribution in [3.05, 3.63) is 51.6 Å². The van der Waals surface area contributed by atoms with Crippen LogP contribution < -0.4 is 10.5 Å². The van der Waals surface area contributed by atoms with Crippen LogP contribution in [0.25, 0.3) is 10.9 Å². The number of rotatable bonds is 4. The molecule has 1 aromatic carbocycles. The average Bonchev–Trinajstić information content (AvgIpc) is 3.11. The van der Waals surface area contributed by atoms with E-state index in [1.165, 1.54) is 49.8 Å². The van der Waals surface area contributed by atoms with Crippen LogP contribution in [0.4, 0.5) is 0 Å². The van der Waals surface area contributed by atoms with E-state index in [1.807, 2.05) is 13.0 Å². The fourth-order valence-electron chi connectivity index (χ4n) is 5.60. The van der Waals surface area contributed by atoms with Gasteiger partial charge >= 0.3 is 0 Å². The summed E-state index contributed by atoms with van der Waals surface area (Å²) >= 11 is 0. The van der Waals surface area contributed by atoms with Gasteiger partial charge in [-0.05, 0) is 72.9 Å². The summed E-state index contributed by atoms with van der Waals surface area (Å²) in [6, 6.07) is 8.47. The molecule has 5 rings (SSSR count). The predicted octanol–water partition coefficient (Wildman–Crippen LogP) is 2.88. The lowest BCUT2D eigenvalue weighted by Gasteiger charge is -2.29. The van der Waals surface area contributed by atoms with E-state index in [2.05, 4.69) is 43.4 Å². The van der Waals surface area contributed by atoms with Crippen LogP contribution in [0.3, 0.4) is 0 Å². The molecule has 1 saturated carbocycles. The quantitative estimate of drug-likeness (QED) is 0.679. The minimum atomic E-state index is -0.135. The molecule has 1 atom stereocenters. The van der Waals surface area contributed by atoms with Gasteiger partial charge in [0.15, 0.2) is 6.04 Å². The Morgan fingerprint density at radius 2 is 1.81 bits per heavy atom. The summed E-state index contributed by atoms with van der Waals surface area (Å²) in [6.07, 6.45) is 10.9. The number of quaternary nitrogens is 1. The number of benzene rings is 1. The topological polar surface area (TPSA) is 80.9 Å². The number of pyridine rings is 1. The molecule has 0 spiro atoms. The Kier molecular flexibility index (Phi) is 5.85. The minimum absolute atomic E-state index is 0.0123. The van der Waals surface area contributed by atoms with Gasteiger partial charge in [-0.1, -0.05) is 37.5 Å². The fraction of sp³-hybridized carbons (Fsp3) is 0.583. The Labute approximate surface area is 182 Å². The van der Waals surface area contributed by atoms with E-state index in [-0.39, 0.29) is 11.6 Å². The number of tetrazole rings is 1. The number of hydrogen-bond donors (Lipinski definition) is 2. The number of para-hydroxylation sites is 1. The van der Waals surface area contributed by atoms with E-state index in [0.717, 1.165) is 53.8 Å². The van der Waals surface area contributed by atoms with Gasteiger partial charge < -0.3 is 9.88 Å². The molecule has 3 aromatic rings. The van der Waals surface area contributed by atoms with Crippen molar-refractivity contribution in [1.29, 1.82) is 0 Å². The first-order chi connectivity index (χ1) is 15.2. The van der Waals surface area contributed by atoms with Crippen LogP contribution in [0.1, 0.15) is 86.8 Å². The second-order valence-electron chi connectivity index (χ2n) is 9.37. The highest BCUT2D eigenvalue weighted by Crippen LogP contribution is 2.30. The van der Waals surface area contributed by atoms with Crippen molar-refractivity contribution in [2.24, 2.45) is 0 Å². The van der Waals surface area contributed by atoms with E-state index in [0.29, 0.717) is 6.04 Å². The highest BCUT2D eigenvalue weighted by molar-refractivity contribution is 5.82. The van der Waals surface area contributed by atoms with Crippen molar-refractivity contribution >= 4 is 10.9 Å². The molecule has 0 radical (unpaired) electrons. The molecule has 2 aromatic heterocycles. The second kappa shape index (κ2) is 8.91. The Balaban J connectivity index is 1.64. The molecule has 2 fully saturated rings. The number of aryl methyl sites for hydroxylation is 1. The average molecular weight is 422 g/mol. The Morgan fingerprint density at radius 3 is 2.58 bits per heavy atom. The SMILES string of the molecule is Cc1cccc2cc([C@H](c3nnnn3C3CCCCC3)[NH+]3CCCCCC3)c(=O)[nH]c12. The van der Waals surface area contributed by atoms with E-state index >= 15 is 0 Å². The fourth-order valence-corrected chi connectivity index (χ4v) is 5.60. The molecule has 0 unspecified atom stereocenters. The first kappa shape index (κ1) is 20.4. The van der Waals surface area contributed by atoms with Crippen LogP contribution in [0.2, 0.25) is 0 Å². The standard InChI is InChI=1S/C24H32N6O/c1-17-10-9-11-18-16-20(24(31)25-21(17)18)22(29-14-7-2-3-8-15-29)23-26-27-28-30(23)19-12-5-4-6-13-19/h9-11,16,19,22H,2-8,12-15H2,1H3,(H,25,31)/p+1/t22-/m1/s1. The van der Waals surface area contributed by atoms with Crippen LogP contribution in [0, 0.1) is 6.92 Å². The molecule has 2 N–H and O–H groups in total. The van der Waals surface area contributed by atoms with Gasteiger partial charge in [0.05, 0.1) is 30.2 Å². The van der Waals surface area contributed by atoms with Gasteiger partial charge in [0.1, 0.15) is 0 Å². The molecule has 1 aliphatic carbocycles. The summed E-state index contributed by atoms with van der Waals surface area (Å²) in [5.74, 6) is 0.862. The van der Waals surface area contributed by atoms with Crippen LogP contribution in [-0.4, -0.2) is 38.3 Å². The molecule has 1 aliphatic heterocycles. The molecule has 7 heteroatoms. The lowest BCUT2D eigenvalue weighted by Crippen LogP contribution is -3.12. The minimum Gasteiger partial charge on any atom is -0.322 e. The zero-order chi connectivity index (χ0) is 21.2. The number of hydrogen-bond acceptors (Lipinski definition) is 4. The highest BCUT2D eigenvalue weighted by Gasteiger charge is 2.36. The van der Waals surface area contributed by atoms with Crippen molar-refractivity contribution < 1.29 is 4.90 Å². The van der Waals surface area contributed by atoms with E-state index in [1.54, 1.807) is 0 Å². The van der Waals surface area contributed by atoms with Crippen LogP contribution in [-0.2, 0) is 0 Å². The first-order valence-corrected chi connectivity index (χ1v) is 12.0. The zero-order valence-corrected chi connectivity index (χ0v) is 18.4. The zero-order valence-electron chi connectivity index (χ0n) is 18.4. The van der Waals surface area contributed by atoms with Crippen LogP contribution in [0.15, 0.2) is 29.1 Å². The Morgan fingerprint density at radius 1 is 1.06 bits per heavy atom. The molecule has 3 heterocycles. The van der Waals surface area contributed by atoms with Crippen molar-refractivity contribution in [2.75, 3.05) is 13.1 Å². The maximum Gasteiger partial charge on any atom is 0.258 e. The molecule has 31 heavy (non-hydrogen) atoms.